The Bertz CT molecular complexity index is 56.9. The molecule has 0 saturated heterocycles. The molecule has 4 heteroatoms. The van der Waals surface area contributed by atoms with Crippen molar-refractivity contribution in [3.63, 3.8) is 0 Å². The van der Waals surface area contributed by atoms with Crippen molar-refractivity contribution >= 4 is 9.28 Å². The van der Waals surface area contributed by atoms with Crippen molar-refractivity contribution in [2.24, 2.45) is 5.73 Å². The van der Waals surface area contributed by atoms with Crippen molar-refractivity contribution < 1.29 is 8.85 Å². The lowest BCUT2D eigenvalue weighted by Gasteiger charge is -2.09. The van der Waals surface area contributed by atoms with Crippen LogP contribution in [-0.2, 0) is 8.85 Å². The predicted molar refractivity (Wildman–Crippen MR) is 38.1 cm³/mol. The quantitative estimate of drug-likeness (QED) is 0.560. The Morgan fingerprint density at radius 2 is 1.67 bits per heavy atom. The molecule has 0 rings (SSSR count). The van der Waals surface area contributed by atoms with Gasteiger partial charge in [0.2, 0.25) is 0 Å². The average molecular weight is 148 g/mol. The van der Waals surface area contributed by atoms with Crippen LogP contribution in [0.15, 0.2) is 0 Å². The van der Waals surface area contributed by atoms with Gasteiger partial charge in [-0.15, -0.1) is 0 Å². The third kappa shape index (κ3) is 4.59. The molecule has 2 N–H and O–H groups in total. The molecule has 0 amide bonds. The highest BCUT2D eigenvalue weighted by Crippen LogP contribution is 1.85. The summed E-state index contributed by atoms with van der Waals surface area (Å²) in [5, 5.41) is 0. The van der Waals surface area contributed by atoms with E-state index in [9.17, 15) is 0 Å². The average Bonchev–Trinajstić information content (AvgIpc) is 1.88. The summed E-state index contributed by atoms with van der Waals surface area (Å²) in [5.74, 6) is 0. The Morgan fingerprint density at radius 3 is 1.89 bits per heavy atom. The van der Waals surface area contributed by atoms with E-state index >= 15 is 0 Å². The minimum Gasteiger partial charge on any atom is -0.393 e. The normalized spacial score (nSPS) is 10.7. The van der Waals surface area contributed by atoms with E-state index in [1.165, 1.54) is 0 Å². The lowest BCUT2D eigenvalue weighted by molar-refractivity contribution is 0.215. The van der Waals surface area contributed by atoms with Gasteiger partial charge in [0.05, 0.1) is 0 Å². The van der Waals surface area contributed by atoms with E-state index in [1.807, 2.05) is 13.8 Å². The Kier molecular flexibility index (Phi) is 6.29. The Hall–Kier alpha value is 0.0969. The molecule has 0 atom stereocenters. The zero-order valence-corrected chi connectivity index (χ0v) is 7.02. The van der Waals surface area contributed by atoms with Crippen LogP contribution < -0.4 is 5.73 Å². The van der Waals surface area contributed by atoms with E-state index in [4.69, 9.17) is 14.6 Å². The predicted octanol–water partition coefficient (Wildman–Crippen LogP) is 0.0455. The smallest absolute Gasteiger partial charge is 0.393 e. The number of nitrogens with two attached hydrogens (primary N) is 1. The van der Waals surface area contributed by atoms with Crippen molar-refractivity contribution in [2.45, 2.75) is 13.8 Å². The van der Waals surface area contributed by atoms with Crippen LogP contribution in [0.4, 0.5) is 0 Å². The minimum atomic E-state index is -1.11. The van der Waals surface area contributed by atoms with E-state index in [2.05, 4.69) is 0 Å². The fourth-order valence-corrected chi connectivity index (χ4v) is 1.44. The summed E-state index contributed by atoms with van der Waals surface area (Å²) in [7, 11) is -1.11. The van der Waals surface area contributed by atoms with Crippen molar-refractivity contribution in [2.75, 3.05) is 19.4 Å². The monoisotopic (exact) mass is 148 g/mol. The lowest BCUT2D eigenvalue weighted by Crippen LogP contribution is -2.32. The highest BCUT2D eigenvalue weighted by molar-refractivity contribution is 6.44. The fourth-order valence-electron chi connectivity index (χ4n) is 0.481. The topological polar surface area (TPSA) is 44.5 Å². The molecule has 3 nitrogen and oxygen atoms in total. The first-order valence-electron chi connectivity index (χ1n) is 3.16. The number of rotatable bonds is 5. The van der Waals surface area contributed by atoms with E-state index in [0.29, 0.717) is 19.4 Å². The summed E-state index contributed by atoms with van der Waals surface area (Å²) < 4.78 is 10.4. The Morgan fingerprint density at radius 1 is 1.22 bits per heavy atom. The van der Waals surface area contributed by atoms with Gasteiger partial charge in [-0.05, 0) is 13.8 Å². The second-order valence-corrected chi connectivity index (χ2v) is 3.17. The molecule has 0 aromatic carbocycles. The highest BCUT2D eigenvalue weighted by Gasteiger charge is 2.09. The van der Waals surface area contributed by atoms with Gasteiger partial charge in [-0.25, -0.2) is 0 Å². The zero-order chi connectivity index (χ0) is 7.11. The molecule has 0 aliphatic rings. The molecule has 55 valence electrons. The molecule has 0 unspecified atom stereocenters. The van der Waals surface area contributed by atoms with Crippen molar-refractivity contribution in [1.29, 1.82) is 0 Å². The van der Waals surface area contributed by atoms with Crippen LogP contribution in [0.2, 0.25) is 0 Å². The van der Waals surface area contributed by atoms with Crippen LogP contribution in [0.1, 0.15) is 13.8 Å². The van der Waals surface area contributed by atoms with E-state index < -0.39 is 9.28 Å². The summed E-state index contributed by atoms with van der Waals surface area (Å²) >= 11 is 0. The fraction of sp³-hybridized carbons (Fsp3) is 1.00. The van der Waals surface area contributed by atoms with Crippen LogP contribution in [0.25, 0.3) is 0 Å². The molecular weight excluding hydrogens is 134 g/mol. The largest absolute Gasteiger partial charge is 0.399 e. The maximum atomic E-state index is 5.34. The van der Waals surface area contributed by atoms with Gasteiger partial charge >= 0.3 is 9.28 Å². The number of hydrogen-bond donors (Lipinski definition) is 1. The summed E-state index contributed by atoms with van der Waals surface area (Å²) in [6.07, 6.45) is 0.534. The Labute approximate surface area is 58.0 Å². The highest BCUT2D eigenvalue weighted by atomic mass is 28.3. The van der Waals surface area contributed by atoms with Gasteiger partial charge in [-0.3, -0.25) is 0 Å². The zero-order valence-electron chi connectivity index (χ0n) is 6.02. The Balaban J connectivity index is 3.18. The van der Waals surface area contributed by atoms with Crippen LogP contribution in [0.3, 0.4) is 0 Å². The van der Waals surface area contributed by atoms with Crippen LogP contribution in [0, 0.1) is 0 Å². The van der Waals surface area contributed by atoms with Gasteiger partial charge in [0.1, 0.15) is 0 Å². The third-order valence-corrected chi connectivity index (χ3v) is 2.33. The van der Waals surface area contributed by atoms with E-state index in [-0.39, 0.29) is 0 Å². The third-order valence-electron chi connectivity index (χ3n) is 0.777. The van der Waals surface area contributed by atoms with Gasteiger partial charge in [-0.1, -0.05) is 0 Å². The van der Waals surface area contributed by atoms with E-state index in [0.717, 1.165) is 0 Å². The SMILES string of the molecule is CCO[Si](CN)OCC. The van der Waals surface area contributed by atoms with Crippen LogP contribution in [0.5, 0.6) is 0 Å². The maximum Gasteiger partial charge on any atom is 0.399 e. The van der Waals surface area contributed by atoms with E-state index in [1.54, 1.807) is 0 Å². The molecule has 0 aliphatic heterocycles. The second-order valence-electron chi connectivity index (χ2n) is 1.44. The van der Waals surface area contributed by atoms with Gasteiger partial charge < -0.3 is 14.6 Å². The molecule has 9 heavy (non-hydrogen) atoms. The number of hydrogen-bond acceptors (Lipinski definition) is 3. The second kappa shape index (κ2) is 6.22. The molecule has 1 radical (unpaired) electrons. The first kappa shape index (κ1) is 9.10. The molecular formula is C5H14NO2Si. The van der Waals surface area contributed by atoms with Gasteiger partial charge in [0.15, 0.2) is 0 Å². The molecule has 0 aromatic heterocycles. The molecule has 0 bridgehead atoms. The minimum absolute atomic E-state index is 0.534. The van der Waals surface area contributed by atoms with Gasteiger partial charge in [-0.2, -0.15) is 0 Å². The van der Waals surface area contributed by atoms with Gasteiger partial charge in [0, 0.05) is 19.4 Å². The molecule has 0 heterocycles. The molecule has 0 saturated carbocycles. The summed E-state index contributed by atoms with van der Waals surface area (Å²) in [6, 6.07) is 0. The van der Waals surface area contributed by atoms with Crippen LogP contribution >= 0.6 is 0 Å². The lowest BCUT2D eigenvalue weighted by atomic mass is 10.9. The maximum absolute atomic E-state index is 5.34. The summed E-state index contributed by atoms with van der Waals surface area (Å²) in [4.78, 5) is 0. The van der Waals surface area contributed by atoms with Crippen molar-refractivity contribution in [3.8, 4) is 0 Å². The summed E-state index contributed by atoms with van der Waals surface area (Å²) in [5.41, 5.74) is 5.34. The first-order valence-corrected chi connectivity index (χ1v) is 4.69. The van der Waals surface area contributed by atoms with Crippen LogP contribution in [-0.4, -0.2) is 28.7 Å². The molecule has 0 fully saturated rings. The van der Waals surface area contributed by atoms with Crippen molar-refractivity contribution in [1.82, 2.24) is 0 Å². The van der Waals surface area contributed by atoms with Gasteiger partial charge in [0.25, 0.3) is 0 Å². The molecule has 0 spiro atoms. The molecule has 0 aromatic rings. The summed E-state index contributed by atoms with van der Waals surface area (Å²) in [6.45, 7) is 5.29. The standard InChI is InChI=1S/C5H14NO2Si/c1-3-7-9(5-6)8-4-2/h3-6H2,1-2H3. The molecule has 0 aliphatic carbocycles. The first-order chi connectivity index (χ1) is 4.35. The van der Waals surface area contributed by atoms with Crippen molar-refractivity contribution in [3.05, 3.63) is 0 Å².